The third kappa shape index (κ3) is 4.07. The molecule has 1 fully saturated rings. The van der Waals surface area contributed by atoms with Gasteiger partial charge in [0.05, 0.1) is 11.4 Å². The molecule has 1 aliphatic heterocycles. The van der Waals surface area contributed by atoms with Gasteiger partial charge in [-0.3, -0.25) is 4.79 Å². The Morgan fingerprint density at radius 3 is 2.96 bits per heavy atom. The van der Waals surface area contributed by atoms with Gasteiger partial charge < -0.3 is 9.47 Å². The van der Waals surface area contributed by atoms with Gasteiger partial charge in [0.2, 0.25) is 0 Å². The second-order valence-corrected chi connectivity index (χ2v) is 6.73. The molecule has 1 unspecified atom stereocenters. The van der Waals surface area contributed by atoms with Crippen LogP contribution in [0.5, 0.6) is 0 Å². The largest absolute Gasteiger partial charge is 0.308 e. The van der Waals surface area contributed by atoms with Crippen LogP contribution in [0.15, 0.2) is 29.3 Å². The molecule has 3 heterocycles. The van der Waals surface area contributed by atoms with Crippen molar-refractivity contribution < 1.29 is 0 Å². The zero-order chi connectivity index (χ0) is 17.8. The molecule has 0 spiro atoms. The van der Waals surface area contributed by atoms with Crippen molar-refractivity contribution in [3.63, 3.8) is 0 Å². The average molecular weight is 341 g/mol. The van der Waals surface area contributed by atoms with E-state index in [9.17, 15) is 4.79 Å². The van der Waals surface area contributed by atoms with Crippen LogP contribution in [0, 0.1) is 0 Å². The van der Waals surface area contributed by atoms with Crippen LogP contribution in [0.4, 0.5) is 0 Å². The summed E-state index contributed by atoms with van der Waals surface area (Å²) in [4.78, 5) is 19.2. The van der Waals surface area contributed by atoms with Gasteiger partial charge in [0, 0.05) is 50.1 Å². The Hall–Kier alpha value is -2.21. The summed E-state index contributed by atoms with van der Waals surface area (Å²) in [6.07, 6.45) is 10.0. The topological polar surface area (TPSA) is 56.0 Å². The summed E-state index contributed by atoms with van der Waals surface area (Å²) in [5.74, 6) is 1.01. The molecule has 134 valence electrons. The van der Waals surface area contributed by atoms with E-state index in [0.29, 0.717) is 6.04 Å². The molecular formula is C19H27N5O. The number of aromatic nitrogens is 4. The third-order valence-electron chi connectivity index (χ3n) is 4.90. The van der Waals surface area contributed by atoms with E-state index in [2.05, 4.69) is 30.0 Å². The van der Waals surface area contributed by atoms with Crippen molar-refractivity contribution in [1.29, 1.82) is 0 Å². The Balaban J connectivity index is 1.77. The van der Waals surface area contributed by atoms with Crippen LogP contribution in [0.3, 0.4) is 0 Å². The van der Waals surface area contributed by atoms with Gasteiger partial charge in [-0.1, -0.05) is 6.92 Å². The minimum Gasteiger partial charge on any atom is -0.308 e. The Kier molecular flexibility index (Phi) is 5.48. The van der Waals surface area contributed by atoms with Crippen molar-refractivity contribution in [2.24, 2.45) is 0 Å². The standard InChI is InChI=1S/C19H27N5O/c1-4-18-21-17(9-12-22-11-6-7-15(22)2)14-23(18)13-16(3)24-19(25)8-5-10-20-24/h5,8,10,13-15H,4,6-7,9,11-12H2,1-3H3. The molecule has 0 saturated carbocycles. The van der Waals surface area contributed by atoms with Crippen LogP contribution in [0.2, 0.25) is 0 Å². The maximum absolute atomic E-state index is 11.9. The fourth-order valence-corrected chi connectivity index (χ4v) is 3.44. The number of hydrogen-bond acceptors (Lipinski definition) is 4. The predicted molar refractivity (Wildman–Crippen MR) is 100 cm³/mol. The van der Waals surface area contributed by atoms with E-state index in [-0.39, 0.29) is 5.56 Å². The molecule has 6 nitrogen and oxygen atoms in total. The van der Waals surface area contributed by atoms with Gasteiger partial charge >= 0.3 is 0 Å². The lowest BCUT2D eigenvalue weighted by Gasteiger charge is -2.19. The van der Waals surface area contributed by atoms with Crippen molar-refractivity contribution in [3.05, 3.63) is 46.4 Å². The van der Waals surface area contributed by atoms with E-state index in [1.165, 1.54) is 30.1 Å². The van der Waals surface area contributed by atoms with E-state index in [4.69, 9.17) is 4.98 Å². The second kappa shape index (κ2) is 7.78. The molecule has 0 amide bonds. The Labute approximate surface area is 148 Å². The lowest BCUT2D eigenvalue weighted by Crippen LogP contribution is -2.29. The molecular weight excluding hydrogens is 314 g/mol. The number of rotatable bonds is 6. The Bertz CT molecular complexity index is 804. The van der Waals surface area contributed by atoms with Gasteiger partial charge in [0.25, 0.3) is 5.56 Å². The van der Waals surface area contributed by atoms with Crippen molar-refractivity contribution >= 4 is 11.9 Å². The van der Waals surface area contributed by atoms with Crippen molar-refractivity contribution in [3.8, 4) is 0 Å². The molecule has 0 radical (unpaired) electrons. The van der Waals surface area contributed by atoms with Gasteiger partial charge in [-0.05, 0) is 39.3 Å². The van der Waals surface area contributed by atoms with Gasteiger partial charge in [0.15, 0.2) is 0 Å². The molecule has 0 aromatic carbocycles. The van der Waals surface area contributed by atoms with Crippen LogP contribution in [0.25, 0.3) is 11.9 Å². The molecule has 25 heavy (non-hydrogen) atoms. The minimum absolute atomic E-state index is 0.127. The smallest absolute Gasteiger partial charge is 0.271 e. The van der Waals surface area contributed by atoms with E-state index >= 15 is 0 Å². The summed E-state index contributed by atoms with van der Waals surface area (Å²) in [7, 11) is 0. The summed E-state index contributed by atoms with van der Waals surface area (Å²) in [5, 5.41) is 4.13. The van der Waals surface area contributed by atoms with E-state index in [0.717, 1.165) is 36.6 Å². The number of nitrogens with zero attached hydrogens (tertiary/aromatic N) is 5. The van der Waals surface area contributed by atoms with Crippen LogP contribution in [-0.4, -0.2) is 43.4 Å². The minimum atomic E-state index is -0.127. The Morgan fingerprint density at radius 2 is 2.28 bits per heavy atom. The number of aryl methyl sites for hydroxylation is 1. The zero-order valence-electron chi connectivity index (χ0n) is 15.4. The average Bonchev–Trinajstić information content (AvgIpc) is 3.19. The molecule has 2 aromatic heterocycles. The van der Waals surface area contributed by atoms with E-state index in [1.54, 1.807) is 12.3 Å². The maximum Gasteiger partial charge on any atom is 0.271 e. The van der Waals surface area contributed by atoms with E-state index in [1.807, 2.05) is 17.7 Å². The highest BCUT2D eigenvalue weighted by Crippen LogP contribution is 2.17. The van der Waals surface area contributed by atoms with E-state index < -0.39 is 0 Å². The predicted octanol–water partition coefficient (Wildman–Crippen LogP) is 2.50. The molecule has 6 heteroatoms. The van der Waals surface area contributed by atoms with Crippen LogP contribution >= 0.6 is 0 Å². The highest BCUT2D eigenvalue weighted by Gasteiger charge is 2.20. The first kappa shape index (κ1) is 17.6. The first-order chi connectivity index (χ1) is 12.1. The van der Waals surface area contributed by atoms with Crippen LogP contribution in [-0.2, 0) is 12.8 Å². The van der Waals surface area contributed by atoms with Crippen LogP contribution < -0.4 is 5.56 Å². The second-order valence-electron chi connectivity index (χ2n) is 6.73. The highest BCUT2D eigenvalue weighted by atomic mass is 16.1. The number of likely N-dealkylation sites (tertiary alicyclic amines) is 1. The molecule has 0 bridgehead atoms. The Morgan fingerprint density at radius 1 is 1.44 bits per heavy atom. The van der Waals surface area contributed by atoms with Crippen molar-refractivity contribution in [2.75, 3.05) is 13.1 Å². The van der Waals surface area contributed by atoms with Crippen molar-refractivity contribution in [2.45, 2.75) is 52.5 Å². The summed E-state index contributed by atoms with van der Waals surface area (Å²) >= 11 is 0. The lowest BCUT2D eigenvalue weighted by molar-refractivity contribution is 0.271. The number of imidazole rings is 1. The molecule has 1 aliphatic rings. The highest BCUT2D eigenvalue weighted by molar-refractivity contribution is 5.58. The monoisotopic (exact) mass is 341 g/mol. The van der Waals surface area contributed by atoms with Gasteiger partial charge in [-0.2, -0.15) is 5.10 Å². The number of hydrogen-bond donors (Lipinski definition) is 0. The summed E-state index contributed by atoms with van der Waals surface area (Å²) < 4.78 is 3.43. The first-order valence-electron chi connectivity index (χ1n) is 9.12. The normalized spacial score (nSPS) is 18.8. The van der Waals surface area contributed by atoms with Gasteiger partial charge in [-0.25, -0.2) is 9.67 Å². The maximum atomic E-state index is 11.9. The fourth-order valence-electron chi connectivity index (χ4n) is 3.44. The summed E-state index contributed by atoms with van der Waals surface area (Å²) in [5.41, 5.74) is 1.75. The fraction of sp³-hybridized carbons (Fsp3) is 0.526. The molecule has 2 aromatic rings. The first-order valence-corrected chi connectivity index (χ1v) is 9.12. The lowest BCUT2D eigenvalue weighted by atomic mass is 10.2. The SMILES string of the molecule is CCc1nc(CCN2CCCC2C)cn1C=C(C)n1ncccc1=O. The summed E-state index contributed by atoms with van der Waals surface area (Å²) in [6, 6.07) is 3.85. The zero-order valence-corrected chi connectivity index (χ0v) is 15.4. The number of allylic oxidation sites excluding steroid dienone is 1. The van der Waals surface area contributed by atoms with Crippen molar-refractivity contribution in [1.82, 2.24) is 24.2 Å². The quantitative estimate of drug-likeness (QED) is 0.810. The summed E-state index contributed by atoms with van der Waals surface area (Å²) in [6.45, 7) is 8.55. The molecule has 0 aliphatic carbocycles. The molecule has 1 saturated heterocycles. The molecule has 0 N–H and O–H groups in total. The molecule has 1 atom stereocenters. The van der Waals surface area contributed by atoms with Gasteiger partial charge in [-0.15, -0.1) is 0 Å². The van der Waals surface area contributed by atoms with Crippen LogP contribution in [0.1, 0.15) is 45.1 Å². The van der Waals surface area contributed by atoms with Gasteiger partial charge in [0.1, 0.15) is 5.82 Å². The third-order valence-corrected chi connectivity index (χ3v) is 4.90. The molecule has 3 rings (SSSR count).